The second-order valence-electron chi connectivity index (χ2n) is 6.53. The third kappa shape index (κ3) is 4.03. The smallest absolute Gasteiger partial charge is 0.317 e. The number of nitrogens with zero attached hydrogens (tertiary/aromatic N) is 2. The van der Waals surface area contributed by atoms with E-state index < -0.39 is 0 Å². The van der Waals surface area contributed by atoms with Gasteiger partial charge in [0, 0.05) is 44.6 Å². The molecule has 23 heavy (non-hydrogen) atoms. The van der Waals surface area contributed by atoms with Crippen LogP contribution < -0.4 is 10.6 Å². The fourth-order valence-electron chi connectivity index (χ4n) is 3.24. The normalized spacial score (nSPS) is 22.7. The lowest BCUT2D eigenvalue weighted by Crippen LogP contribution is -2.47. The molecule has 1 atom stereocenters. The summed E-state index contributed by atoms with van der Waals surface area (Å²) in [6, 6.07) is 1.98. The molecule has 0 spiro atoms. The van der Waals surface area contributed by atoms with Crippen LogP contribution in [0, 0.1) is 12.8 Å². The van der Waals surface area contributed by atoms with E-state index in [4.69, 9.17) is 4.52 Å². The molecule has 126 valence electrons. The molecule has 2 saturated heterocycles. The molecule has 0 aliphatic carbocycles. The average Bonchev–Trinajstić information content (AvgIpc) is 3.01. The van der Waals surface area contributed by atoms with Crippen LogP contribution >= 0.6 is 0 Å². The molecule has 0 radical (unpaired) electrons. The molecular formula is C16H24N4O3. The Balaban J connectivity index is 1.40. The quantitative estimate of drug-likeness (QED) is 0.881. The second kappa shape index (κ2) is 7.02. The minimum atomic E-state index is -0.00546. The SMILES string of the molecule is Cc1cc(C2CCN(C(=O)NCC3CCC(=O)NC3)CC2)on1. The van der Waals surface area contributed by atoms with Crippen molar-refractivity contribution in [2.24, 2.45) is 5.92 Å². The summed E-state index contributed by atoms with van der Waals surface area (Å²) < 4.78 is 5.33. The number of hydrogen-bond acceptors (Lipinski definition) is 4. The van der Waals surface area contributed by atoms with Crippen LogP contribution in [0.2, 0.25) is 0 Å². The summed E-state index contributed by atoms with van der Waals surface area (Å²) in [5.41, 5.74) is 0.903. The van der Waals surface area contributed by atoms with E-state index in [1.54, 1.807) is 0 Å². The van der Waals surface area contributed by atoms with Gasteiger partial charge in [0.25, 0.3) is 0 Å². The highest BCUT2D eigenvalue weighted by Crippen LogP contribution is 2.28. The third-order valence-corrected chi connectivity index (χ3v) is 4.74. The Kier molecular flexibility index (Phi) is 4.83. The second-order valence-corrected chi connectivity index (χ2v) is 6.53. The number of carbonyl (C=O) groups excluding carboxylic acids is 2. The van der Waals surface area contributed by atoms with Gasteiger partial charge in [-0.15, -0.1) is 0 Å². The fourth-order valence-corrected chi connectivity index (χ4v) is 3.24. The van der Waals surface area contributed by atoms with Gasteiger partial charge in [-0.2, -0.15) is 0 Å². The zero-order chi connectivity index (χ0) is 16.2. The molecule has 3 rings (SSSR count). The molecule has 7 nitrogen and oxygen atoms in total. The number of aryl methyl sites for hydroxylation is 1. The van der Waals surface area contributed by atoms with E-state index in [2.05, 4.69) is 15.8 Å². The highest BCUT2D eigenvalue weighted by molar-refractivity contribution is 5.77. The zero-order valence-corrected chi connectivity index (χ0v) is 13.5. The third-order valence-electron chi connectivity index (χ3n) is 4.74. The molecule has 1 unspecified atom stereocenters. The van der Waals surface area contributed by atoms with E-state index in [1.807, 2.05) is 17.9 Å². The van der Waals surface area contributed by atoms with Gasteiger partial charge in [0.2, 0.25) is 5.91 Å². The van der Waals surface area contributed by atoms with E-state index in [-0.39, 0.29) is 11.9 Å². The van der Waals surface area contributed by atoms with Crippen molar-refractivity contribution >= 4 is 11.9 Å². The molecule has 2 aliphatic rings. The molecule has 1 aromatic rings. The molecule has 1 aromatic heterocycles. The number of aromatic nitrogens is 1. The largest absolute Gasteiger partial charge is 0.361 e. The zero-order valence-electron chi connectivity index (χ0n) is 13.5. The fraction of sp³-hybridized carbons (Fsp3) is 0.688. The lowest BCUT2D eigenvalue weighted by Gasteiger charge is -2.31. The van der Waals surface area contributed by atoms with Crippen molar-refractivity contribution in [3.05, 3.63) is 17.5 Å². The van der Waals surface area contributed by atoms with Crippen LogP contribution in [-0.2, 0) is 4.79 Å². The summed E-state index contributed by atoms with van der Waals surface area (Å²) in [7, 11) is 0. The van der Waals surface area contributed by atoms with E-state index in [1.165, 1.54) is 0 Å². The first kappa shape index (κ1) is 15.8. The van der Waals surface area contributed by atoms with Crippen molar-refractivity contribution in [1.29, 1.82) is 0 Å². The van der Waals surface area contributed by atoms with E-state index in [0.29, 0.717) is 31.3 Å². The molecule has 3 heterocycles. The van der Waals surface area contributed by atoms with E-state index >= 15 is 0 Å². The maximum Gasteiger partial charge on any atom is 0.317 e. The van der Waals surface area contributed by atoms with Crippen molar-refractivity contribution in [2.45, 2.75) is 38.5 Å². The summed E-state index contributed by atoms with van der Waals surface area (Å²) in [5.74, 6) is 1.73. The van der Waals surface area contributed by atoms with Crippen molar-refractivity contribution < 1.29 is 14.1 Å². The number of rotatable bonds is 3. The van der Waals surface area contributed by atoms with Crippen molar-refractivity contribution in [2.75, 3.05) is 26.2 Å². The number of carbonyl (C=O) groups is 2. The lowest BCUT2D eigenvalue weighted by atomic mass is 9.94. The van der Waals surface area contributed by atoms with Crippen molar-refractivity contribution in [1.82, 2.24) is 20.7 Å². The number of urea groups is 1. The maximum atomic E-state index is 12.2. The Hall–Kier alpha value is -2.05. The predicted octanol–water partition coefficient (Wildman–Crippen LogP) is 1.40. The predicted molar refractivity (Wildman–Crippen MR) is 83.9 cm³/mol. The highest BCUT2D eigenvalue weighted by Gasteiger charge is 2.26. The first-order valence-corrected chi connectivity index (χ1v) is 8.34. The van der Waals surface area contributed by atoms with Crippen molar-refractivity contribution in [3.8, 4) is 0 Å². The Bertz CT molecular complexity index is 553. The first-order chi connectivity index (χ1) is 11.1. The molecule has 2 aliphatic heterocycles. The molecular weight excluding hydrogens is 296 g/mol. The highest BCUT2D eigenvalue weighted by atomic mass is 16.5. The lowest BCUT2D eigenvalue weighted by molar-refractivity contribution is -0.122. The van der Waals surface area contributed by atoms with Crippen molar-refractivity contribution in [3.63, 3.8) is 0 Å². The molecule has 2 N–H and O–H groups in total. The van der Waals surface area contributed by atoms with Crippen LogP contribution in [0.3, 0.4) is 0 Å². The van der Waals surface area contributed by atoms with Gasteiger partial charge in [-0.1, -0.05) is 5.16 Å². The number of piperidine rings is 2. The summed E-state index contributed by atoms with van der Waals surface area (Å²) >= 11 is 0. The minimum absolute atomic E-state index is 0.00546. The van der Waals surface area contributed by atoms with Crippen LogP contribution in [0.4, 0.5) is 4.79 Å². The van der Waals surface area contributed by atoms with Gasteiger partial charge in [-0.05, 0) is 32.1 Å². The van der Waals surface area contributed by atoms with E-state index in [9.17, 15) is 9.59 Å². The first-order valence-electron chi connectivity index (χ1n) is 8.34. The number of amides is 3. The minimum Gasteiger partial charge on any atom is -0.361 e. The van der Waals surface area contributed by atoms with Crippen LogP contribution in [0.15, 0.2) is 10.6 Å². The molecule has 7 heteroatoms. The van der Waals surface area contributed by atoms with Crippen LogP contribution in [0.5, 0.6) is 0 Å². The van der Waals surface area contributed by atoms with Crippen LogP contribution in [0.25, 0.3) is 0 Å². The number of hydrogen-bond donors (Lipinski definition) is 2. The summed E-state index contributed by atoms with van der Waals surface area (Å²) in [4.78, 5) is 25.2. The van der Waals surface area contributed by atoms with E-state index in [0.717, 1.165) is 43.8 Å². The Morgan fingerprint density at radius 1 is 1.43 bits per heavy atom. The number of nitrogens with one attached hydrogen (secondary N) is 2. The summed E-state index contributed by atoms with van der Waals surface area (Å²) in [6.45, 7) is 4.67. The van der Waals surface area contributed by atoms with Gasteiger partial charge < -0.3 is 20.1 Å². The molecule has 3 amide bonds. The van der Waals surface area contributed by atoms with Crippen LogP contribution in [-0.4, -0.2) is 48.2 Å². The van der Waals surface area contributed by atoms with Gasteiger partial charge in [0.05, 0.1) is 5.69 Å². The van der Waals surface area contributed by atoms with Gasteiger partial charge in [-0.3, -0.25) is 4.79 Å². The van der Waals surface area contributed by atoms with Gasteiger partial charge in [0.1, 0.15) is 5.76 Å². The Morgan fingerprint density at radius 3 is 2.83 bits per heavy atom. The van der Waals surface area contributed by atoms with Gasteiger partial charge >= 0.3 is 6.03 Å². The Morgan fingerprint density at radius 2 is 2.22 bits per heavy atom. The average molecular weight is 320 g/mol. The summed E-state index contributed by atoms with van der Waals surface area (Å²) in [6.07, 6.45) is 3.21. The Labute approximate surface area is 135 Å². The molecule has 2 fully saturated rings. The molecule has 0 saturated carbocycles. The van der Waals surface area contributed by atoms with Gasteiger partial charge in [-0.25, -0.2) is 4.79 Å². The standard InChI is InChI=1S/C16H24N4O3/c1-11-8-14(23-19-11)13-4-6-20(7-5-13)16(22)18-10-12-2-3-15(21)17-9-12/h8,12-13H,2-7,9-10H2,1H3,(H,17,21)(H,18,22). The van der Waals surface area contributed by atoms with Crippen LogP contribution in [0.1, 0.15) is 43.1 Å². The molecule has 0 aromatic carbocycles. The monoisotopic (exact) mass is 320 g/mol. The summed E-state index contributed by atoms with van der Waals surface area (Å²) in [5, 5.41) is 9.77. The maximum absolute atomic E-state index is 12.2. The van der Waals surface area contributed by atoms with Gasteiger partial charge in [0.15, 0.2) is 0 Å². The topological polar surface area (TPSA) is 87.5 Å². The number of likely N-dealkylation sites (tertiary alicyclic amines) is 1. The molecule has 0 bridgehead atoms.